The summed E-state index contributed by atoms with van der Waals surface area (Å²) in [4.78, 5) is 135. The van der Waals surface area contributed by atoms with E-state index in [1.165, 1.54) is 0 Å². The number of aliphatic carboxylic acids is 15. The molecular formula is C30H70Na10O30. The number of hydrogen-bond acceptors (Lipinski definition) is 15. The zero-order chi connectivity index (χ0) is 53.7. The summed E-state index contributed by atoms with van der Waals surface area (Å²) in [7, 11) is 0. The van der Waals surface area contributed by atoms with Crippen LogP contribution in [-0.2, 0) is 71.9 Å². The predicted molar refractivity (Wildman–Crippen MR) is 211 cm³/mol. The summed E-state index contributed by atoms with van der Waals surface area (Å²) in [5.41, 5.74) is 0. The Balaban J connectivity index is -0.00000000807. The molecule has 70 heavy (non-hydrogen) atoms. The van der Waals surface area contributed by atoms with Crippen LogP contribution in [0.15, 0.2) is 0 Å². The summed E-state index contributed by atoms with van der Waals surface area (Å²) in [5.74, 6) is -12.5. The Kier molecular flexibility index (Phi) is 370. The van der Waals surface area contributed by atoms with Crippen molar-refractivity contribution < 1.29 is 458 Å². The van der Waals surface area contributed by atoms with Gasteiger partial charge in [0.1, 0.15) is 0 Å². The van der Waals surface area contributed by atoms with Crippen LogP contribution in [-0.4, -0.2) is 166 Å². The van der Waals surface area contributed by atoms with Gasteiger partial charge in [0.05, 0.1) is 0 Å². The molecule has 0 amide bonds. The molecule has 0 saturated carbocycles. The van der Waals surface area contributed by atoms with E-state index in [-0.39, 0.29) is 310 Å². The van der Waals surface area contributed by atoms with E-state index in [9.17, 15) is 0 Å². The third-order valence-electron chi connectivity index (χ3n) is 0. The summed E-state index contributed by atoms with van der Waals surface area (Å²) in [5, 5.41) is 111. The molecule has 0 saturated heterocycles. The van der Waals surface area contributed by atoms with Gasteiger partial charge in [-0.25, -0.2) is 0 Å². The average Bonchev–Trinajstić information content (AvgIpc) is 2.78. The molecule has 0 aliphatic rings. The molecule has 15 N–H and O–H groups in total. The quantitative estimate of drug-likeness (QED) is 0.100. The molecule has 40 heteroatoms. The van der Waals surface area contributed by atoms with Gasteiger partial charge >= 0.3 is 296 Å². The average molecular weight is 1140 g/mol. The minimum absolute atomic E-state index is 0. The van der Waals surface area contributed by atoms with Crippen molar-refractivity contribution in [2.75, 3.05) is 0 Å². The summed E-state index contributed by atoms with van der Waals surface area (Å²) in [6.07, 6.45) is 0. The summed E-state index contributed by atoms with van der Waals surface area (Å²) in [6.45, 7) is 16.3. The van der Waals surface area contributed by atoms with Crippen LogP contribution in [0.1, 0.15) is 118 Å². The molecule has 0 spiro atoms. The number of carboxylic acids is 15. The first-order valence-electron chi connectivity index (χ1n) is 13.9. The Bertz CT molecular complexity index is 842. The van der Waals surface area contributed by atoms with Gasteiger partial charge in [0.15, 0.2) is 0 Å². The number of hydrogen-bond donors (Lipinski definition) is 15. The van der Waals surface area contributed by atoms with E-state index >= 15 is 0 Å². The topological polar surface area (TPSA) is 560 Å². The molecule has 380 valence electrons. The third kappa shape index (κ3) is 79500. The van der Waals surface area contributed by atoms with Crippen LogP contribution in [0.4, 0.5) is 0 Å². The maximum absolute atomic E-state index is 9.00. The van der Waals surface area contributed by atoms with E-state index in [0.717, 1.165) is 104 Å². The smallest absolute Gasteiger partial charge is 1.00 e. The van der Waals surface area contributed by atoms with Crippen molar-refractivity contribution in [1.82, 2.24) is 0 Å². The van der Waals surface area contributed by atoms with Crippen LogP contribution in [0.3, 0.4) is 0 Å². The van der Waals surface area contributed by atoms with Gasteiger partial charge in [0.25, 0.3) is 89.5 Å². The fourth-order valence-corrected chi connectivity index (χ4v) is 0. The fraction of sp³-hybridized carbons (Fsp3) is 0.500. The molecule has 0 atom stereocenters. The molecule has 0 aromatic rings. The molecule has 0 heterocycles. The molecule has 0 rings (SSSR count). The van der Waals surface area contributed by atoms with E-state index in [1.54, 1.807) is 0 Å². The monoisotopic (exact) mass is 1140 g/mol. The second kappa shape index (κ2) is 157. The molecule has 0 aromatic heterocycles. The van der Waals surface area contributed by atoms with Crippen molar-refractivity contribution in [3.63, 3.8) is 0 Å². The first-order chi connectivity index (χ1) is 26.0. The molecule has 0 radical (unpaired) electrons. The SMILES string of the molecule is CC(=O)O.CC(=O)O.CC(=O)O.CC(=O)O.CC(=O)O.CC(=O)O.CC(=O)O.CC(=O)O.CC(=O)O.CC(=O)O.CC(=O)O.CC(=O)O.CC(=O)O.CC(=O)O.CC(=O)O.[H-].[H-].[H-].[H-].[H-].[H-].[H-].[H-].[H-].[H-].[Na+].[Na+].[Na+].[Na+].[Na+].[Na+].[Na+].[Na+].[Na+].[Na+]. The van der Waals surface area contributed by atoms with Crippen molar-refractivity contribution in [2.45, 2.75) is 104 Å². The largest absolute Gasteiger partial charge is 1.00 e. The van der Waals surface area contributed by atoms with Crippen LogP contribution in [0.5, 0.6) is 0 Å². The first-order valence-corrected chi connectivity index (χ1v) is 13.9. The Morgan fingerprint density at radius 2 is 0.143 bits per heavy atom. The van der Waals surface area contributed by atoms with E-state index in [4.69, 9.17) is 149 Å². The van der Waals surface area contributed by atoms with Gasteiger partial charge in [-0.2, -0.15) is 0 Å². The molecule has 0 aromatic carbocycles. The number of carboxylic acid groups (broad SMARTS) is 15. The van der Waals surface area contributed by atoms with Crippen LogP contribution in [0.2, 0.25) is 0 Å². The summed E-state index contributed by atoms with van der Waals surface area (Å²) in [6, 6.07) is 0. The molecule has 0 unspecified atom stereocenters. The maximum Gasteiger partial charge on any atom is 1.00 e. The van der Waals surface area contributed by atoms with Gasteiger partial charge in [0.2, 0.25) is 0 Å². The Labute approximate surface area is 641 Å². The second-order valence-corrected chi connectivity index (χ2v) is 7.79. The molecule has 0 aliphatic heterocycles. The number of carbonyl (C=O) groups is 15. The zero-order valence-electron chi connectivity index (χ0n) is 55.3. The minimum Gasteiger partial charge on any atom is -1.00 e. The van der Waals surface area contributed by atoms with Crippen molar-refractivity contribution in [3.05, 3.63) is 0 Å². The van der Waals surface area contributed by atoms with Crippen LogP contribution in [0.25, 0.3) is 0 Å². The maximum atomic E-state index is 9.00. The van der Waals surface area contributed by atoms with Crippen molar-refractivity contribution in [2.24, 2.45) is 0 Å². The van der Waals surface area contributed by atoms with Gasteiger partial charge in [0, 0.05) is 104 Å². The fourth-order valence-electron chi connectivity index (χ4n) is 0. The van der Waals surface area contributed by atoms with E-state index in [2.05, 4.69) is 0 Å². The van der Waals surface area contributed by atoms with Crippen molar-refractivity contribution in [3.8, 4) is 0 Å². The van der Waals surface area contributed by atoms with E-state index in [1.807, 2.05) is 0 Å². The minimum atomic E-state index is -0.833. The van der Waals surface area contributed by atoms with Crippen molar-refractivity contribution in [1.29, 1.82) is 0 Å². The van der Waals surface area contributed by atoms with E-state index in [0.29, 0.717) is 0 Å². The Morgan fingerprint density at radius 3 is 0.143 bits per heavy atom. The van der Waals surface area contributed by atoms with Gasteiger partial charge in [-0.15, -0.1) is 0 Å². The number of rotatable bonds is 0. The Morgan fingerprint density at radius 1 is 0.143 bits per heavy atom. The molecular weight excluding hydrogens is 1070 g/mol. The molecule has 0 aliphatic carbocycles. The zero-order valence-corrected chi connectivity index (χ0v) is 65.3. The van der Waals surface area contributed by atoms with Crippen LogP contribution >= 0.6 is 0 Å². The first kappa shape index (κ1) is 164. The second-order valence-electron chi connectivity index (χ2n) is 7.79. The predicted octanol–water partition coefficient (Wildman–Crippen LogP) is -27.5. The summed E-state index contributed by atoms with van der Waals surface area (Å²) < 4.78 is 0. The molecule has 0 bridgehead atoms. The third-order valence-corrected chi connectivity index (χ3v) is 0. The van der Waals surface area contributed by atoms with Gasteiger partial charge in [-0.05, 0) is 0 Å². The molecule has 30 nitrogen and oxygen atoms in total. The standard InChI is InChI=1S/15C2H4O2.10Na.10H/c15*1-2(3)4;;;;;;;;;;;;;;;;;;;;/h15*1H3,(H,3,4);;;;;;;;;;;;;;;;;;;;/q;;;;;;;;;;;;;;;10*+1;10*-1. The van der Waals surface area contributed by atoms with Gasteiger partial charge < -0.3 is 90.9 Å². The normalized spacial score (nSPS) is 5.36. The van der Waals surface area contributed by atoms with Crippen molar-refractivity contribution >= 4 is 89.5 Å². The Hall–Kier alpha value is 2.05. The van der Waals surface area contributed by atoms with Gasteiger partial charge in [-0.3, -0.25) is 71.9 Å². The van der Waals surface area contributed by atoms with Crippen LogP contribution < -0.4 is 296 Å². The van der Waals surface area contributed by atoms with Gasteiger partial charge in [-0.1, -0.05) is 0 Å². The molecule has 0 fully saturated rings. The summed E-state index contributed by atoms with van der Waals surface area (Å²) >= 11 is 0. The van der Waals surface area contributed by atoms with E-state index < -0.39 is 89.5 Å². The van der Waals surface area contributed by atoms with Crippen LogP contribution in [0, 0.1) is 0 Å².